The van der Waals surface area contributed by atoms with E-state index in [1.54, 1.807) is 11.9 Å². The van der Waals surface area contributed by atoms with E-state index in [1.807, 2.05) is 35.8 Å². The first-order valence-corrected chi connectivity index (χ1v) is 6.84. The molecule has 0 aliphatic heterocycles. The molecule has 0 radical (unpaired) electrons. The lowest BCUT2D eigenvalue weighted by Crippen LogP contribution is -2.33. The molecule has 2 aromatic rings. The average molecular weight is 290 g/mol. The van der Waals surface area contributed by atoms with Gasteiger partial charge < -0.3 is 15.2 Å². The van der Waals surface area contributed by atoms with Gasteiger partial charge in [0.2, 0.25) is 5.91 Å². The van der Waals surface area contributed by atoms with Gasteiger partial charge in [-0.2, -0.15) is 0 Å². The van der Waals surface area contributed by atoms with E-state index in [0.29, 0.717) is 18.0 Å². The van der Waals surface area contributed by atoms with Crippen molar-refractivity contribution in [3.8, 4) is 0 Å². The van der Waals surface area contributed by atoms with Crippen molar-refractivity contribution in [1.29, 1.82) is 0 Å². The molecule has 0 saturated carbocycles. The van der Waals surface area contributed by atoms with Gasteiger partial charge in [0.1, 0.15) is 12.4 Å². The van der Waals surface area contributed by atoms with Crippen LogP contribution < -0.4 is 5.73 Å². The molecule has 0 aliphatic rings. The zero-order valence-corrected chi connectivity index (χ0v) is 12.5. The molecule has 6 heteroatoms. The zero-order valence-electron chi connectivity index (χ0n) is 11.7. The van der Waals surface area contributed by atoms with E-state index in [1.165, 1.54) is 0 Å². The summed E-state index contributed by atoms with van der Waals surface area (Å²) in [4.78, 5) is 18.7. The van der Waals surface area contributed by atoms with Gasteiger partial charge >= 0.3 is 0 Å². The van der Waals surface area contributed by atoms with Crippen LogP contribution in [0.15, 0.2) is 24.3 Å². The summed E-state index contributed by atoms with van der Waals surface area (Å²) in [6.07, 6.45) is 0.543. The number of aromatic nitrogens is 2. The summed E-state index contributed by atoms with van der Waals surface area (Å²) in [7, 11) is 1.76. The lowest BCUT2D eigenvalue weighted by molar-refractivity contribution is -0.130. The molecule has 1 aromatic carbocycles. The Kier molecular flexibility index (Phi) is 4.34. The number of aryl methyl sites for hydroxylation is 1. The second-order valence-corrected chi connectivity index (χ2v) is 5.29. The number of hydrogen-bond acceptors (Lipinski definition) is 3. The minimum Gasteiger partial charge on any atom is -0.393 e. The van der Waals surface area contributed by atoms with Crippen molar-refractivity contribution < 1.29 is 4.79 Å². The maximum Gasteiger partial charge on any atom is 0.242 e. The van der Waals surface area contributed by atoms with Gasteiger partial charge in [0, 0.05) is 20.0 Å². The Balaban J connectivity index is 2.13. The van der Waals surface area contributed by atoms with Crippen molar-refractivity contribution in [2.75, 3.05) is 13.6 Å². The highest BCUT2D eigenvalue weighted by Crippen LogP contribution is 2.15. The zero-order chi connectivity index (χ0) is 14.7. The van der Waals surface area contributed by atoms with Gasteiger partial charge in [-0.3, -0.25) is 4.79 Å². The molecule has 0 aliphatic carbocycles. The molecular weight excluding hydrogens is 272 g/mol. The van der Waals surface area contributed by atoms with Gasteiger partial charge in [-0.15, -0.1) is 0 Å². The molecule has 0 unspecified atom stereocenters. The Morgan fingerprint density at radius 3 is 2.85 bits per heavy atom. The maximum absolute atomic E-state index is 12.2. The van der Waals surface area contributed by atoms with Gasteiger partial charge in [-0.05, 0) is 19.1 Å². The number of thiocarbonyl (C=S) groups is 1. The molecule has 2 N–H and O–H groups in total. The highest BCUT2D eigenvalue weighted by Gasteiger charge is 2.13. The lowest BCUT2D eigenvalue weighted by atomic mass is 10.3. The molecule has 20 heavy (non-hydrogen) atoms. The molecule has 106 valence electrons. The number of nitrogens with zero attached hydrogens (tertiary/aromatic N) is 3. The lowest BCUT2D eigenvalue weighted by Gasteiger charge is -2.17. The second-order valence-electron chi connectivity index (χ2n) is 4.77. The number of carbonyl (C=O) groups excluding carboxylic acids is 1. The fraction of sp³-hybridized carbons (Fsp3) is 0.357. The molecule has 1 amide bonds. The van der Waals surface area contributed by atoms with Crippen molar-refractivity contribution in [3.63, 3.8) is 0 Å². The molecular formula is C14H18N4OS. The number of hydrogen-bond donors (Lipinski definition) is 1. The smallest absolute Gasteiger partial charge is 0.242 e. The summed E-state index contributed by atoms with van der Waals surface area (Å²) < 4.78 is 1.93. The first kappa shape index (κ1) is 14.5. The van der Waals surface area contributed by atoms with Crippen molar-refractivity contribution in [2.45, 2.75) is 19.9 Å². The van der Waals surface area contributed by atoms with E-state index < -0.39 is 0 Å². The number of amides is 1. The van der Waals surface area contributed by atoms with Crippen LogP contribution in [-0.2, 0) is 11.3 Å². The molecule has 0 bridgehead atoms. The topological polar surface area (TPSA) is 64.2 Å². The molecule has 1 aromatic heterocycles. The molecule has 5 nitrogen and oxygen atoms in total. The molecule has 0 fully saturated rings. The fourth-order valence-corrected chi connectivity index (χ4v) is 2.15. The van der Waals surface area contributed by atoms with E-state index in [2.05, 4.69) is 4.98 Å². The summed E-state index contributed by atoms with van der Waals surface area (Å²) in [5.41, 5.74) is 7.33. The quantitative estimate of drug-likeness (QED) is 0.847. The van der Waals surface area contributed by atoms with Crippen molar-refractivity contribution >= 4 is 34.1 Å². The monoisotopic (exact) mass is 290 g/mol. The molecule has 0 saturated heterocycles. The Hall–Kier alpha value is -1.95. The van der Waals surface area contributed by atoms with Crippen LogP contribution in [0.5, 0.6) is 0 Å². The Labute approximate surface area is 123 Å². The Morgan fingerprint density at radius 1 is 1.45 bits per heavy atom. The van der Waals surface area contributed by atoms with Gasteiger partial charge in [0.05, 0.1) is 16.0 Å². The van der Waals surface area contributed by atoms with Crippen LogP contribution in [0, 0.1) is 6.92 Å². The average Bonchev–Trinajstić information content (AvgIpc) is 2.72. The predicted octanol–water partition coefficient (Wildman–Crippen LogP) is 1.48. The first-order valence-electron chi connectivity index (χ1n) is 6.43. The van der Waals surface area contributed by atoms with E-state index in [-0.39, 0.29) is 12.5 Å². The molecule has 0 spiro atoms. The molecule has 0 atom stereocenters. The first-order chi connectivity index (χ1) is 9.49. The number of para-hydroxylation sites is 2. The molecule has 2 rings (SSSR count). The van der Waals surface area contributed by atoms with Crippen molar-refractivity contribution in [1.82, 2.24) is 14.5 Å². The van der Waals surface area contributed by atoms with E-state index in [9.17, 15) is 4.79 Å². The van der Waals surface area contributed by atoms with Crippen LogP contribution in [-0.4, -0.2) is 38.9 Å². The summed E-state index contributed by atoms with van der Waals surface area (Å²) in [6, 6.07) is 7.80. The SMILES string of the molecule is Cc1nc2ccccc2n1CC(=O)N(C)CCC(N)=S. The summed E-state index contributed by atoms with van der Waals surface area (Å²) in [5, 5.41) is 0. The highest BCUT2D eigenvalue weighted by atomic mass is 32.1. The van der Waals surface area contributed by atoms with Gasteiger partial charge in [0.15, 0.2) is 0 Å². The number of likely N-dealkylation sites (N-methyl/N-ethyl adjacent to an activating group) is 1. The third-order valence-corrected chi connectivity index (χ3v) is 3.46. The second kappa shape index (κ2) is 6.00. The highest BCUT2D eigenvalue weighted by molar-refractivity contribution is 7.80. The minimum absolute atomic E-state index is 0.0208. The minimum atomic E-state index is 0.0208. The van der Waals surface area contributed by atoms with Crippen LogP contribution >= 0.6 is 12.2 Å². The van der Waals surface area contributed by atoms with Crippen molar-refractivity contribution in [3.05, 3.63) is 30.1 Å². The number of fused-ring (bicyclic) bond motifs is 1. The fourth-order valence-electron chi connectivity index (χ4n) is 2.05. The van der Waals surface area contributed by atoms with Crippen LogP contribution in [0.1, 0.15) is 12.2 Å². The van der Waals surface area contributed by atoms with Gasteiger partial charge in [-0.25, -0.2) is 4.98 Å². The number of imidazole rings is 1. The third-order valence-electron chi connectivity index (χ3n) is 3.26. The Morgan fingerprint density at radius 2 is 2.15 bits per heavy atom. The van der Waals surface area contributed by atoms with E-state index >= 15 is 0 Å². The summed E-state index contributed by atoms with van der Waals surface area (Å²) in [6.45, 7) is 2.72. The van der Waals surface area contributed by atoms with Gasteiger partial charge in [-0.1, -0.05) is 24.4 Å². The van der Waals surface area contributed by atoms with E-state index in [4.69, 9.17) is 18.0 Å². The Bertz CT molecular complexity index is 650. The number of nitrogens with two attached hydrogens (primary N) is 1. The number of benzene rings is 1. The van der Waals surface area contributed by atoms with Crippen molar-refractivity contribution in [2.24, 2.45) is 5.73 Å². The number of carbonyl (C=O) groups is 1. The van der Waals surface area contributed by atoms with Gasteiger partial charge in [0.25, 0.3) is 0 Å². The standard InChI is InChI=1S/C14H18N4OS/c1-10-16-11-5-3-4-6-12(11)18(10)9-14(19)17(2)8-7-13(15)20/h3-6H,7-9H2,1-2H3,(H2,15,20). The third kappa shape index (κ3) is 3.14. The van der Waals surface area contributed by atoms with E-state index in [0.717, 1.165) is 16.9 Å². The summed E-state index contributed by atoms with van der Waals surface area (Å²) >= 11 is 4.83. The maximum atomic E-state index is 12.2. The van der Waals surface area contributed by atoms with Crippen LogP contribution in [0.4, 0.5) is 0 Å². The molecule has 1 heterocycles. The largest absolute Gasteiger partial charge is 0.393 e. The van der Waals surface area contributed by atoms with Crippen LogP contribution in [0.3, 0.4) is 0 Å². The normalized spacial score (nSPS) is 10.7. The number of rotatable bonds is 5. The predicted molar refractivity (Wildman–Crippen MR) is 83.5 cm³/mol. The summed E-state index contributed by atoms with van der Waals surface area (Å²) in [5.74, 6) is 0.856. The van der Waals surface area contributed by atoms with Crippen LogP contribution in [0.2, 0.25) is 0 Å². The van der Waals surface area contributed by atoms with Crippen LogP contribution in [0.25, 0.3) is 11.0 Å².